The number of imide groups is 1. The van der Waals surface area contributed by atoms with Crippen molar-refractivity contribution in [3.8, 4) is 0 Å². The maximum absolute atomic E-state index is 12.8. The summed E-state index contributed by atoms with van der Waals surface area (Å²) in [5.74, 6) is -1.17. The molecular weight excluding hydrogens is 362 g/mol. The summed E-state index contributed by atoms with van der Waals surface area (Å²) < 4.78 is 5.11. The van der Waals surface area contributed by atoms with Crippen LogP contribution < -0.4 is 10.6 Å². The first-order valence-electron chi connectivity index (χ1n) is 9.50. The topological polar surface area (TPSA) is 105 Å². The second-order valence-corrected chi connectivity index (χ2v) is 7.57. The second-order valence-electron chi connectivity index (χ2n) is 7.57. The molecule has 1 saturated carbocycles. The van der Waals surface area contributed by atoms with Gasteiger partial charge in [0.2, 0.25) is 0 Å². The first-order chi connectivity index (χ1) is 13.3. The van der Waals surface area contributed by atoms with Crippen LogP contribution in [0.4, 0.5) is 10.5 Å². The molecule has 8 nitrogen and oxygen atoms in total. The SMILES string of the molecule is CC1CCC2(CC1)NC(=O)N(CC(=O)OC(C)C(=O)Nc1ccccc1)C2=O. The van der Waals surface area contributed by atoms with Gasteiger partial charge in [-0.15, -0.1) is 0 Å². The van der Waals surface area contributed by atoms with Crippen LogP contribution in [0.5, 0.6) is 0 Å². The molecule has 0 radical (unpaired) electrons. The van der Waals surface area contributed by atoms with Gasteiger partial charge in [0.25, 0.3) is 11.8 Å². The number of carbonyl (C=O) groups excluding carboxylic acids is 4. The molecule has 1 aliphatic carbocycles. The third-order valence-corrected chi connectivity index (χ3v) is 5.38. The van der Waals surface area contributed by atoms with Gasteiger partial charge in [0, 0.05) is 5.69 Å². The predicted molar refractivity (Wildman–Crippen MR) is 101 cm³/mol. The van der Waals surface area contributed by atoms with Crippen molar-refractivity contribution in [1.82, 2.24) is 10.2 Å². The summed E-state index contributed by atoms with van der Waals surface area (Å²) in [7, 11) is 0. The van der Waals surface area contributed by atoms with Crippen molar-refractivity contribution in [3.63, 3.8) is 0 Å². The number of urea groups is 1. The van der Waals surface area contributed by atoms with Gasteiger partial charge in [0.1, 0.15) is 12.1 Å². The Hall–Kier alpha value is -2.90. The Morgan fingerprint density at radius 3 is 2.54 bits per heavy atom. The maximum atomic E-state index is 12.8. The average molecular weight is 387 g/mol. The van der Waals surface area contributed by atoms with Crippen molar-refractivity contribution < 1.29 is 23.9 Å². The van der Waals surface area contributed by atoms with E-state index in [9.17, 15) is 19.2 Å². The molecule has 2 aliphatic rings. The van der Waals surface area contributed by atoms with E-state index in [0.717, 1.165) is 17.7 Å². The number of carbonyl (C=O) groups is 4. The Bertz CT molecular complexity index is 771. The third-order valence-electron chi connectivity index (χ3n) is 5.38. The molecule has 1 heterocycles. The molecule has 1 aliphatic heterocycles. The molecule has 2 N–H and O–H groups in total. The number of benzene rings is 1. The molecule has 150 valence electrons. The highest BCUT2D eigenvalue weighted by molar-refractivity contribution is 6.08. The van der Waals surface area contributed by atoms with Gasteiger partial charge in [0.15, 0.2) is 6.10 Å². The van der Waals surface area contributed by atoms with E-state index >= 15 is 0 Å². The number of amides is 4. The van der Waals surface area contributed by atoms with Gasteiger partial charge in [-0.05, 0) is 50.7 Å². The highest BCUT2D eigenvalue weighted by Crippen LogP contribution is 2.36. The fraction of sp³-hybridized carbons (Fsp3) is 0.500. The Balaban J connectivity index is 1.55. The molecule has 0 bridgehead atoms. The lowest BCUT2D eigenvalue weighted by Crippen LogP contribution is -2.49. The van der Waals surface area contributed by atoms with Crippen molar-refractivity contribution in [2.24, 2.45) is 5.92 Å². The molecule has 2 fully saturated rings. The lowest BCUT2D eigenvalue weighted by molar-refractivity contribution is -0.155. The van der Waals surface area contributed by atoms with Gasteiger partial charge in [-0.2, -0.15) is 0 Å². The fourth-order valence-corrected chi connectivity index (χ4v) is 3.60. The fourth-order valence-electron chi connectivity index (χ4n) is 3.60. The van der Waals surface area contributed by atoms with Gasteiger partial charge >= 0.3 is 12.0 Å². The maximum Gasteiger partial charge on any atom is 0.327 e. The summed E-state index contributed by atoms with van der Waals surface area (Å²) in [5.41, 5.74) is -0.321. The molecule has 8 heteroatoms. The van der Waals surface area contributed by atoms with E-state index in [0.29, 0.717) is 24.4 Å². The Morgan fingerprint density at radius 1 is 1.25 bits per heavy atom. The van der Waals surface area contributed by atoms with Crippen LogP contribution in [0.2, 0.25) is 0 Å². The molecule has 1 atom stereocenters. The Labute approximate surface area is 163 Å². The Morgan fingerprint density at radius 2 is 1.89 bits per heavy atom. The lowest BCUT2D eigenvalue weighted by atomic mass is 9.77. The van der Waals surface area contributed by atoms with Gasteiger partial charge in [-0.1, -0.05) is 25.1 Å². The van der Waals surface area contributed by atoms with E-state index < -0.39 is 36.1 Å². The van der Waals surface area contributed by atoms with Crippen molar-refractivity contribution >= 4 is 29.5 Å². The van der Waals surface area contributed by atoms with Gasteiger partial charge < -0.3 is 15.4 Å². The van der Waals surface area contributed by atoms with Crippen LogP contribution in [0.1, 0.15) is 39.5 Å². The zero-order valence-electron chi connectivity index (χ0n) is 16.1. The largest absolute Gasteiger partial charge is 0.451 e. The number of esters is 1. The van der Waals surface area contributed by atoms with Crippen molar-refractivity contribution in [2.45, 2.75) is 51.2 Å². The number of rotatable bonds is 5. The van der Waals surface area contributed by atoms with E-state index in [4.69, 9.17) is 4.74 Å². The molecule has 0 aromatic heterocycles. The summed E-state index contributed by atoms with van der Waals surface area (Å²) in [6.45, 7) is 3.04. The van der Waals surface area contributed by atoms with Crippen LogP contribution in [0.3, 0.4) is 0 Å². The summed E-state index contributed by atoms with van der Waals surface area (Å²) in [6.07, 6.45) is 1.78. The van der Waals surface area contributed by atoms with E-state index in [1.807, 2.05) is 6.07 Å². The van der Waals surface area contributed by atoms with Gasteiger partial charge in [0.05, 0.1) is 0 Å². The molecule has 4 amide bonds. The predicted octanol–water partition coefficient (Wildman–Crippen LogP) is 2.06. The average Bonchev–Trinajstić information content (AvgIpc) is 2.89. The van der Waals surface area contributed by atoms with E-state index in [2.05, 4.69) is 17.6 Å². The second kappa shape index (κ2) is 8.00. The minimum Gasteiger partial charge on any atom is -0.451 e. The van der Waals surface area contributed by atoms with Crippen molar-refractivity contribution in [3.05, 3.63) is 30.3 Å². The van der Waals surface area contributed by atoms with Crippen LogP contribution in [0, 0.1) is 5.92 Å². The van der Waals surface area contributed by atoms with Crippen molar-refractivity contribution in [2.75, 3.05) is 11.9 Å². The highest BCUT2D eigenvalue weighted by atomic mass is 16.5. The molecule has 28 heavy (non-hydrogen) atoms. The molecule has 3 rings (SSSR count). The van der Waals surface area contributed by atoms with E-state index in [1.165, 1.54) is 6.92 Å². The standard InChI is InChI=1S/C20H25N3O5/c1-13-8-10-20(11-9-13)18(26)23(19(27)22-20)12-16(24)28-14(2)17(25)21-15-6-4-3-5-7-15/h3-7,13-14H,8-12H2,1-2H3,(H,21,25)(H,22,27). The zero-order valence-corrected chi connectivity index (χ0v) is 16.1. The smallest absolute Gasteiger partial charge is 0.327 e. The molecule has 1 aromatic rings. The van der Waals surface area contributed by atoms with Crippen LogP contribution in [-0.2, 0) is 19.1 Å². The summed E-state index contributed by atoms with van der Waals surface area (Å²) in [6, 6.07) is 8.20. The quantitative estimate of drug-likeness (QED) is 0.594. The van der Waals surface area contributed by atoms with Crippen LogP contribution in [-0.4, -0.2) is 46.9 Å². The first-order valence-corrected chi connectivity index (χ1v) is 9.50. The highest BCUT2D eigenvalue weighted by Gasteiger charge is 2.52. The van der Waals surface area contributed by atoms with Crippen LogP contribution >= 0.6 is 0 Å². The summed E-state index contributed by atoms with van der Waals surface area (Å²) in [5, 5.41) is 5.39. The molecular formula is C20H25N3O5. The number of hydrogen-bond donors (Lipinski definition) is 2. The van der Waals surface area contributed by atoms with Crippen LogP contribution in [0.15, 0.2) is 30.3 Å². The molecule has 1 spiro atoms. The number of nitrogens with one attached hydrogen (secondary N) is 2. The molecule has 1 aromatic carbocycles. The first kappa shape index (κ1) is 19.9. The number of nitrogens with zero attached hydrogens (tertiary/aromatic N) is 1. The number of anilines is 1. The Kier molecular flexibility index (Phi) is 5.67. The van der Waals surface area contributed by atoms with E-state index in [-0.39, 0.29) is 5.91 Å². The van der Waals surface area contributed by atoms with Gasteiger partial charge in [-0.3, -0.25) is 19.3 Å². The summed E-state index contributed by atoms with van der Waals surface area (Å²) >= 11 is 0. The molecule has 1 saturated heterocycles. The minimum absolute atomic E-state index is 0.386. The third kappa shape index (κ3) is 4.16. The van der Waals surface area contributed by atoms with Crippen molar-refractivity contribution in [1.29, 1.82) is 0 Å². The minimum atomic E-state index is -1.06. The summed E-state index contributed by atoms with van der Waals surface area (Å²) in [4.78, 5) is 50.2. The number of para-hydroxylation sites is 1. The molecule has 1 unspecified atom stereocenters. The van der Waals surface area contributed by atoms with Gasteiger partial charge in [-0.25, -0.2) is 4.79 Å². The monoisotopic (exact) mass is 387 g/mol. The number of ether oxygens (including phenoxy) is 1. The van der Waals surface area contributed by atoms with E-state index in [1.54, 1.807) is 24.3 Å². The van der Waals surface area contributed by atoms with Crippen LogP contribution in [0.25, 0.3) is 0 Å². The normalized spacial score (nSPS) is 25.4. The zero-order chi connectivity index (χ0) is 20.3. The lowest BCUT2D eigenvalue weighted by Gasteiger charge is -2.33. The number of hydrogen-bond acceptors (Lipinski definition) is 5.